The molecule has 0 fully saturated rings. The number of ether oxygens (including phenoxy) is 1. The first kappa shape index (κ1) is 14.2. The van der Waals surface area contributed by atoms with Crippen LogP contribution in [0.4, 0.5) is 0 Å². The summed E-state index contributed by atoms with van der Waals surface area (Å²) in [5.41, 5.74) is 1.92. The van der Waals surface area contributed by atoms with Gasteiger partial charge in [0.15, 0.2) is 0 Å². The molecule has 98 valence electrons. The third kappa shape index (κ3) is 2.88. The largest absolute Gasteiger partial charge is 0.497 e. The van der Waals surface area contributed by atoms with E-state index in [1.807, 2.05) is 33.8 Å². The van der Waals surface area contributed by atoms with Crippen LogP contribution in [-0.2, 0) is 0 Å². The third-order valence-corrected chi connectivity index (χ3v) is 2.47. The van der Waals surface area contributed by atoms with E-state index in [0.717, 1.165) is 16.8 Å². The van der Waals surface area contributed by atoms with E-state index in [-0.39, 0.29) is 11.5 Å². The first-order valence-electron chi connectivity index (χ1n) is 6.20. The number of benzene rings is 1. The highest BCUT2D eigenvalue weighted by molar-refractivity contribution is 5.75. The molecule has 0 radical (unpaired) electrons. The molecule has 0 saturated heterocycles. The predicted octanol–water partition coefficient (Wildman–Crippen LogP) is 3.08. The standard InChI is InChI=1S/C12H14N2O2.C2H6/c1-7(2)11-12(15)14-9-5-4-8(16-3)6-10(9)13-11;1-2/h4-7H,1-3H3,(H,14,15);1-2H3. The number of H-pyrrole nitrogens is 1. The van der Waals surface area contributed by atoms with Gasteiger partial charge in [0.05, 0.1) is 18.1 Å². The number of methoxy groups -OCH3 is 1. The minimum atomic E-state index is -0.118. The van der Waals surface area contributed by atoms with Crippen LogP contribution in [0.2, 0.25) is 0 Å². The summed E-state index contributed by atoms with van der Waals surface area (Å²) in [4.78, 5) is 18.9. The van der Waals surface area contributed by atoms with E-state index in [9.17, 15) is 4.79 Å². The van der Waals surface area contributed by atoms with Crippen LogP contribution in [0.15, 0.2) is 23.0 Å². The van der Waals surface area contributed by atoms with E-state index in [1.54, 1.807) is 19.2 Å². The molecule has 0 bridgehead atoms. The summed E-state index contributed by atoms with van der Waals surface area (Å²) in [6.07, 6.45) is 0. The second-order valence-electron chi connectivity index (χ2n) is 3.99. The molecular weight excluding hydrogens is 228 g/mol. The second kappa shape index (κ2) is 6.19. The summed E-state index contributed by atoms with van der Waals surface area (Å²) in [6.45, 7) is 7.90. The van der Waals surface area contributed by atoms with Crippen LogP contribution in [0.5, 0.6) is 5.75 Å². The maximum atomic E-state index is 11.7. The lowest BCUT2D eigenvalue weighted by Crippen LogP contribution is -2.16. The van der Waals surface area contributed by atoms with Crippen molar-refractivity contribution in [2.24, 2.45) is 0 Å². The lowest BCUT2D eigenvalue weighted by Gasteiger charge is -2.06. The summed E-state index contributed by atoms with van der Waals surface area (Å²) >= 11 is 0. The van der Waals surface area contributed by atoms with Crippen molar-refractivity contribution in [3.8, 4) is 5.75 Å². The zero-order chi connectivity index (χ0) is 13.7. The van der Waals surface area contributed by atoms with Gasteiger partial charge >= 0.3 is 0 Å². The summed E-state index contributed by atoms with van der Waals surface area (Å²) in [7, 11) is 1.61. The van der Waals surface area contributed by atoms with E-state index < -0.39 is 0 Å². The highest BCUT2D eigenvalue weighted by Gasteiger charge is 2.08. The molecule has 4 heteroatoms. The number of fused-ring (bicyclic) bond motifs is 1. The number of nitrogens with one attached hydrogen (secondary N) is 1. The molecule has 0 spiro atoms. The molecule has 0 aliphatic heterocycles. The van der Waals surface area contributed by atoms with Crippen LogP contribution in [0.1, 0.15) is 39.3 Å². The first-order valence-corrected chi connectivity index (χ1v) is 6.20. The number of nitrogens with zero attached hydrogens (tertiary/aromatic N) is 1. The number of rotatable bonds is 2. The smallest absolute Gasteiger partial charge is 0.270 e. The van der Waals surface area contributed by atoms with Gasteiger partial charge in [0, 0.05) is 12.0 Å². The lowest BCUT2D eigenvalue weighted by molar-refractivity contribution is 0.415. The van der Waals surface area contributed by atoms with E-state index in [4.69, 9.17) is 4.74 Å². The molecule has 0 aliphatic rings. The summed E-state index contributed by atoms with van der Waals surface area (Å²) in [6, 6.07) is 5.42. The molecule has 0 aliphatic carbocycles. The molecule has 0 unspecified atom stereocenters. The maximum Gasteiger partial charge on any atom is 0.270 e. The molecule has 1 heterocycles. The van der Waals surface area contributed by atoms with E-state index in [1.165, 1.54) is 0 Å². The fourth-order valence-electron chi connectivity index (χ4n) is 1.59. The minimum Gasteiger partial charge on any atom is -0.497 e. The van der Waals surface area contributed by atoms with Crippen LogP contribution in [0, 0.1) is 0 Å². The van der Waals surface area contributed by atoms with E-state index in [2.05, 4.69) is 9.97 Å². The van der Waals surface area contributed by atoms with Gasteiger partial charge < -0.3 is 9.72 Å². The highest BCUT2D eigenvalue weighted by Crippen LogP contribution is 2.18. The average Bonchev–Trinajstić information content (AvgIpc) is 2.39. The third-order valence-electron chi connectivity index (χ3n) is 2.47. The van der Waals surface area contributed by atoms with Gasteiger partial charge in [0.1, 0.15) is 11.4 Å². The lowest BCUT2D eigenvalue weighted by atomic mass is 10.1. The van der Waals surface area contributed by atoms with Crippen LogP contribution in [-0.4, -0.2) is 17.1 Å². The Balaban J connectivity index is 0.000000771. The molecule has 4 nitrogen and oxygen atoms in total. The van der Waals surface area contributed by atoms with Gasteiger partial charge in [-0.2, -0.15) is 0 Å². The zero-order valence-electron chi connectivity index (χ0n) is 11.6. The monoisotopic (exact) mass is 248 g/mol. The molecule has 0 atom stereocenters. The Bertz CT molecular complexity index is 574. The Morgan fingerprint density at radius 1 is 1.28 bits per heavy atom. The Kier molecular flexibility index (Phi) is 4.89. The van der Waals surface area contributed by atoms with Crippen LogP contribution in [0.3, 0.4) is 0 Å². The van der Waals surface area contributed by atoms with Gasteiger partial charge in [-0.1, -0.05) is 27.7 Å². The van der Waals surface area contributed by atoms with Crippen LogP contribution in [0.25, 0.3) is 11.0 Å². The normalized spacial score (nSPS) is 10.1. The SMILES string of the molecule is CC.COc1ccc2[nH]c(=O)c(C(C)C)nc2c1. The fourth-order valence-corrected chi connectivity index (χ4v) is 1.59. The quantitative estimate of drug-likeness (QED) is 0.888. The fraction of sp³-hybridized carbons (Fsp3) is 0.429. The van der Waals surface area contributed by atoms with Crippen molar-refractivity contribution in [2.75, 3.05) is 7.11 Å². The van der Waals surface area contributed by atoms with Crippen LogP contribution >= 0.6 is 0 Å². The van der Waals surface area contributed by atoms with Crippen molar-refractivity contribution < 1.29 is 4.74 Å². The Labute approximate surface area is 107 Å². The number of hydrogen-bond donors (Lipinski definition) is 1. The van der Waals surface area contributed by atoms with Crippen molar-refractivity contribution in [1.82, 2.24) is 9.97 Å². The summed E-state index contributed by atoms with van der Waals surface area (Å²) < 4.78 is 5.12. The van der Waals surface area contributed by atoms with Gasteiger partial charge in [-0.3, -0.25) is 4.79 Å². The van der Waals surface area contributed by atoms with Gasteiger partial charge in [0.2, 0.25) is 0 Å². The van der Waals surface area contributed by atoms with Crippen LogP contribution < -0.4 is 10.3 Å². The Hall–Kier alpha value is -1.84. The van der Waals surface area contributed by atoms with E-state index in [0.29, 0.717) is 5.69 Å². The molecule has 2 aromatic rings. The van der Waals surface area contributed by atoms with Crippen molar-refractivity contribution in [3.05, 3.63) is 34.2 Å². The van der Waals surface area contributed by atoms with E-state index >= 15 is 0 Å². The first-order chi connectivity index (χ1) is 8.61. The highest BCUT2D eigenvalue weighted by atomic mass is 16.5. The van der Waals surface area contributed by atoms with Gasteiger partial charge in [0.25, 0.3) is 5.56 Å². The molecule has 0 saturated carbocycles. The van der Waals surface area contributed by atoms with Crippen molar-refractivity contribution in [2.45, 2.75) is 33.6 Å². The number of aromatic amines is 1. The molecule has 1 N–H and O–H groups in total. The zero-order valence-corrected chi connectivity index (χ0v) is 11.6. The Morgan fingerprint density at radius 3 is 2.50 bits per heavy atom. The second-order valence-corrected chi connectivity index (χ2v) is 3.99. The van der Waals surface area contributed by atoms with Crippen molar-refractivity contribution >= 4 is 11.0 Å². The summed E-state index contributed by atoms with van der Waals surface area (Å²) in [5, 5.41) is 0. The molecule has 1 aromatic heterocycles. The average molecular weight is 248 g/mol. The molecule has 2 rings (SSSR count). The Morgan fingerprint density at radius 2 is 1.94 bits per heavy atom. The number of hydrogen-bond acceptors (Lipinski definition) is 3. The molecular formula is C14H20N2O2. The minimum absolute atomic E-state index is 0.111. The molecule has 1 aromatic carbocycles. The van der Waals surface area contributed by atoms with Crippen molar-refractivity contribution in [1.29, 1.82) is 0 Å². The number of aromatic nitrogens is 2. The van der Waals surface area contributed by atoms with Gasteiger partial charge in [-0.15, -0.1) is 0 Å². The summed E-state index contributed by atoms with van der Waals surface area (Å²) in [5.74, 6) is 0.848. The maximum absolute atomic E-state index is 11.7. The molecule has 0 amide bonds. The molecule has 18 heavy (non-hydrogen) atoms. The predicted molar refractivity (Wildman–Crippen MR) is 74.4 cm³/mol. The van der Waals surface area contributed by atoms with Crippen molar-refractivity contribution in [3.63, 3.8) is 0 Å². The van der Waals surface area contributed by atoms with Gasteiger partial charge in [-0.25, -0.2) is 4.98 Å². The van der Waals surface area contributed by atoms with Gasteiger partial charge in [-0.05, 0) is 12.1 Å². The topological polar surface area (TPSA) is 55.0 Å².